The van der Waals surface area contributed by atoms with E-state index in [4.69, 9.17) is 4.52 Å². The lowest BCUT2D eigenvalue weighted by Crippen LogP contribution is -2.50. The topological polar surface area (TPSA) is 83.6 Å². The molecule has 0 saturated carbocycles. The summed E-state index contributed by atoms with van der Waals surface area (Å²) in [5.74, 6) is 0.799. The van der Waals surface area contributed by atoms with Crippen LogP contribution in [-0.4, -0.2) is 51.7 Å². The number of nitrogens with zero attached hydrogens (tertiary/aromatic N) is 4. The van der Waals surface area contributed by atoms with Crippen molar-refractivity contribution in [2.24, 2.45) is 7.05 Å². The van der Waals surface area contributed by atoms with E-state index in [2.05, 4.69) is 15.4 Å². The van der Waals surface area contributed by atoms with Crippen molar-refractivity contribution < 1.29 is 9.32 Å². The van der Waals surface area contributed by atoms with E-state index < -0.39 is 0 Å². The molecule has 8 nitrogen and oxygen atoms in total. The second-order valence-electron chi connectivity index (χ2n) is 5.96. The molecule has 1 aliphatic heterocycles. The fourth-order valence-electron chi connectivity index (χ4n) is 2.72. The van der Waals surface area contributed by atoms with Gasteiger partial charge in [0.15, 0.2) is 0 Å². The lowest BCUT2D eigenvalue weighted by Gasteiger charge is -2.34. The van der Waals surface area contributed by atoms with Crippen molar-refractivity contribution in [3.8, 4) is 0 Å². The van der Waals surface area contributed by atoms with Crippen molar-refractivity contribution in [1.82, 2.24) is 19.5 Å². The number of hydrogen-bond acceptors (Lipinski definition) is 5. The van der Waals surface area contributed by atoms with Gasteiger partial charge in [-0.2, -0.15) is 0 Å². The first-order valence-corrected chi connectivity index (χ1v) is 7.89. The summed E-state index contributed by atoms with van der Waals surface area (Å²) >= 11 is 0. The minimum Gasteiger partial charge on any atom is -0.361 e. The van der Waals surface area contributed by atoms with Crippen LogP contribution in [0, 0.1) is 6.92 Å². The SMILES string of the molecule is Cc1cc(CN2CCN(C(=O)Nc3cccn(C)c3=O)CC2)no1. The summed E-state index contributed by atoms with van der Waals surface area (Å²) in [5, 5.41) is 6.69. The minimum atomic E-state index is -0.241. The molecule has 1 aliphatic rings. The molecule has 2 aromatic rings. The van der Waals surface area contributed by atoms with Crippen LogP contribution >= 0.6 is 0 Å². The first-order chi connectivity index (χ1) is 11.5. The molecule has 0 spiro atoms. The molecule has 0 unspecified atom stereocenters. The summed E-state index contributed by atoms with van der Waals surface area (Å²) in [7, 11) is 1.66. The molecule has 2 aromatic heterocycles. The van der Waals surface area contributed by atoms with Crippen molar-refractivity contribution in [1.29, 1.82) is 0 Å². The lowest BCUT2D eigenvalue weighted by molar-refractivity contribution is 0.141. The van der Waals surface area contributed by atoms with Gasteiger partial charge in [-0.05, 0) is 19.1 Å². The minimum absolute atomic E-state index is 0.217. The second kappa shape index (κ2) is 6.88. The zero-order valence-corrected chi connectivity index (χ0v) is 13.9. The highest BCUT2D eigenvalue weighted by Gasteiger charge is 2.22. The van der Waals surface area contributed by atoms with Crippen LogP contribution in [0.3, 0.4) is 0 Å². The number of anilines is 1. The van der Waals surface area contributed by atoms with Gasteiger partial charge in [0.2, 0.25) is 0 Å². The van der Waals surface area contributed by atoms with E-state index in [0.29, 0.717) is 25.3 Å². The van der Waals surface area contributed by atoms with Gasteiger partial charge in [-0.1, -0.05) is 5.16 Å². The number of carbonyl (C=O) groups is 1. The number of amides is 2. The number of aryl methyl sites for hydroxylation is 2. The number of piperazine rings is 1. The Bertz CT molecular complexity index is 774. The number of nitrogens with one attached hydrogen (secondary N) is 1. The highest BCUT2D eigenvalue weighted by atomic mass is 16.5. The molecule has 0 aliphatic carbocycles. The first kappa shape index (κ1) is 16.3. The largest absolute Gasteiger partial charge is 0.361 e. The monoisotopic (exact) mass is 331 g/mol. The Morgan fingerprint density at radius 3 is 2.75 bits per heavy atom. The van der Waals surface area contributed by atoms with Crippen molar-refractivity contribution in [2.75, 3.05) is 31.5 Å². The normalized spacial score (nSPS) is 15.5. The number of rotatable bonds is 3. The number of aromatic nitrogens is 2. The molecule has 0 bridgehead atoms. The van der Waals surface area contributed by atoms with Gasteiger partial charge in [-0.3, -0.25) is 9.69 Å². The third-order valence-electron chi connectivity index (χ3n) is 4.09. The standard InChI is InChI=1S/C16H21N5O3/c1-12-10-13(18-24-12)11-20-6-8-21(9-7-20)16(23)17-14-4-3-5-19(2)15(14)22/h3-5,10H,6-9,11H2,1-2H3,(H,17,23). The smallest absolute Gasteiger partial charge is 0.322 e. The summed E-state index contributed by atoms with van der Waals surface area (Å²) in [6, 6.07) is 5.03. The van der Waals surface area contributed by atoms with E-state index in [-0.39, 0.29) is 11.6 Å². The fourth-order valence-corrected chi connectivity index (χ4v) is 2.72. The molecule has 24 heavy (non-hydrogen) atoms. The molecule has 0 atom stereocenters. The average Bonchev–Trinajstić information content (AvgIpc) is 2.97. The molecule has 1 fully saturated rings. The van der Waals surface area contributed by atoms with Crippen molar-refractivity contribution in [3.05, 3.63) is 46.2 Å². The maximum Gasteiger partial charge on any atom is 0.322 e. The van der Waals surface area contributed by atoms with Gasteiger partial charge >= 0.3 is 6.03 Å². The van der Waals surface area contributed by atoms with Gasteiger partial charge in [-0.25, -0.2) is 4.79 Å². The van der Waals surface area contributed by atoms with E-state index >= 15 is 0 Å². The summed E-state index contributed by atoms with van der Waals surface area (Å²) in [6.45, 7) is 5.31. The van der Waals surface area contributed by atoms with Crippen LogP contribution in [0.5, 0.6) is 0 Å². The molecule has 3 rings (SSSR count). The number of carbonyl (C=O) groups excluding carboxylic acids is 1. The molecule has 0 radical (unpaired) electrons. The predicted molar refractivity (Wildman–Crippen MR) is 88.8 cm³/mol. The molecule has 1 saturated heterocycles. The number of urea groups is 1. The number of hydrogen-bond donors (Lipinski definition) is 1. The predicted octanol–water partition coefficient (Wildman–Crippen LogP) is 1.03. The van der Waals surface area contributed by atoms with Gasteiger partial charge in [0.25, 0.3) is 5.56 Å². The van der Waals surface area contributed by atoms with E-state index in [9.17, 15) is 9.59 Å². The van der Waals surface area contributed by atoms with Crippen LogP contribution < -0.4 is 10.9 Å². The Kier molecular flexibility index (Phi) is 4.66. The quantitative estimate of drug-likeness (QED) is 0.908. The Hall–Kier alpha value is -2.61. The molecule has 3 heterocycles. The summed E-state index contributed by atoms with van der Waals surface area (Å²) < 4.78 is 6.51. The first-order valence-electron chi connectivity index (χ1n) is 7.89. The lowest BCUT2D eigenvalue weighted by atomic mass is 10.3. The molecule has 128 valence electrons. The third-order valence-corrected chi connectivity index (χ3v) is 4.09. The molecular weight excluding hydrogens is 310 g/mol. The molecule has 0 aromatic carbocycles. The van der Waals surface area contributed by atoms with Gasteiger partial charge < -0.3 is 19.3 Å². The van der Waals surface area contributed by atoms with Crippen LogP contribution in [0.1, 0.15) is 11.5 Å². The maximum absolute atomic E-state index is 12.3. The zero-order chi connectivity index (χ0) is 17.1. The van der Waals surface area contributed by atoms with Gasteiger partial charge in [0.1, 0.15) is 11.4 Å². The number of pyridine rings is 1. The van der Waals surface area contributed by atoms with E-state index in [1.165, 1.54) is 4.57 Å². The summed E-state index contributed by atoms with van der Waals surface area (Å²) in [5.41, 5.74) is 0.981. The highest BCUT2D eigenvalue weighted by Crippen LogP contribution is 2.10. The van der Waals surface area contributed by atoms with Gasteiger partial charge in [0, 0.05) is 52.0 Å². The maximum atomic E-state index is 12.3. The Morgan fingerprint density at radius 1 is 1.33 bits per heavy atom. The van der Waals surface area contributed by atoms with Crippen molar-refractivity contribution in [2.45, 2.75) is 13.5 Å². The van der Waals surface area contributed by atoms with Crippen LogP contribution in [0.15, 0.2) is 33.7 Å². The van der Waals surface area contributed by atoms with E-state index in [1.807, 2.05) is 13.0 Å². The molecule has 1 N–H and O–H groups in total. The van der Waals surface area contributed by atoms with Gasteiger partial charge in [-0.15, -0.1) is 0 Å². The van der Waals surface area contributed by atoms with Gasteiger partial charge in [0.05, 0.1) is 5.69 Å². The van der Waals surface area contributed by atoms with Crippen LogP contribution in [0.4, 0.5) is 10.5 Å². The third kappa shape index (κ3) is 3.65. The Balaban J connectivity index is 1.53. The van der Waals surface area contributed by atoms with E-state index in [0.717, 1.165) is 24.5 Å². The molecule has 2 amide bonds. The van der Waals surface area contributed by atoms with Crippen LogP contribution in [0.25, 0.3) is 0 Å². The van der Waals surface area contributed by atoms with Crippen molar-refractivity contribution >= 4 is 11.7 Å². The fraction of sp³-hybridized carbons (Fsp3) is 0.438. The highest BCUT2D eigenvalue weighted by molar-refractivity contribution is 5.89. The molecule has 8 heteroatoms. The average molecular weight is 331 g/mol. The molecular formula is C16H21N5O3. The zero-order valence-electron chi connectivity index (χ0n) is 13.9. The summed E-state index contributed by atoms with van der Waals surface area (Å²) in [4.78, 5) is 28.2. The van der Waals surface area contributed by atoms with Crippen LogP contribution in [-0.2, 0) is 13.6 Å². The summed E-state index contributed by atoms with van der Waals surface area (Å²) in [6.07, 6.45) is 1.66. The van der Waals surface area contributed by atoms with Crippen molar-refractivity contribution in [3.63, 3.8) is 0 Å². The Morgan fingerprint density at radius 2 is 2.08 bits per heavy atom. The Labute approximate surface area is 139 Å². The van der Waals surface area contributed by atoms with Crippen LogP contribution in [0.2, 0.25) is 0 Å². The van der Waals surface area contributed by atoms with E-state index in [1.54, 1.807) is 30.3 Å². The second-order valence-corrected chi connectivity index (χ2v) is 5.96.